The number of nitrogens with two attached hydrogens (primary N) is 1. The molecule has 112 valence electrons. The Morgan fingerprint density at radius 2 is 1.86 bits per heavy atom. The third kappa shape index (κ3) is 2.96. The summed E-state index contributed by atoms with van der Waals surface area (Å²) in [5, 5.41) is 3.82. The number of halogens is 3. The van der Waals surface area contributed by atoms with Crippen LogP contribution in [-0.2, 0) is 5.54 Å². The Morgan fingerprint density at radius 3 is 2.43 bits per heavy atom. The summed E-state index contributed by atoms with van der Waals surface area (Å²) < 4.78 is 31.9. The summed E-state index contributed by atoms with van der Waals surface area (Å²) in [5.74, 6) is -0.665. The lowest BCUT2D eigenvalue weighted by Crippen LogP contribution is -2.44. The fourth-order valence-electron chi connectivity index (χ4n) is 2.11. The van der Waals surface area contributed by atoms with Crippen molar-refractivity contribution < 1.29 is 13.3 Å². The molecule has 1 heterocycles. The van der Waals surface area contributed by atoms with E-state index in [9.17, 15) is 8.78 Å². The number of hydrogen-bond donors (Lipinski definition) is 1. The van der Waals surface area contributed by atoms with Crippen molar-refractivity contribution in [2.75, 3.05) is 0 Å². The third-order valence-electron chi connectivity index (χ3n) is 3.53. The molecular formula is C14H14ClF2N3O. The molecule has 1 aromatic carbocycles. The average molecular weight is 314 g/mol. The first-order valence-corrected chi connectivity index (χ1v) is 6.34. The van der Waals surface area contributed by atoms with Gasteiger partial charge < -0.3 is 10.3 Å². The Hall–Kier alpha value is -1.79. The molecular weight excluding hydrogens is 300 g/mol. The fraction of sp³-hybridized carbons (Fsp3) is 0.286. The highest BCUT2D eigenvalue weighted by Crippen LogP contribution is 2.36. The second-order valence-corrected chi connectivity index (χ2v) is 4.93. The molecule has 0 saturated heterocycles. The number of aromatic nitrogens is 2. The average Bonchev–Trinajstić information content (AvgIpc) is 2.84. The maximum Gasteiger partial charge on any atom is 0.250 e. The molecule has 2 aromatic rings. The normalized spacial score (nSPS) is 16.5. The van der Waals surface area contributed by atoms with Crippen LogP contribution in [0, 0.1) is 11.6 Å². The Bertz CT molecular complexity index is 648. The van der Waals surface area contributed by atoms with Crippen LogP contribution in [0.2, 0.25) is 0 Å². The molecule has 7 heteroatoms. The molecule has 0 amide bonds. The molecule has 21 heavy (non-hydrogen) atoms. The SMILES string of the molecule is Cl.NC1(c2noc(/C=C/c3c(F)cccc3F)n2)CCC1. The van der Waals surface area contributed by atoms with E-state index in [4.69, 9.17) is 10.3 Å². The van der Waals surface area contributed by atoms with Crippen molar-refractivity contribution >= 4 is 24.6 Å². The van der Waals surface area contributed by atoms with Crippen LogP contribution >= 0.6 is 12.4 Å². The number of benzene rings is 1. The summed E-state index contributed by atoms with van der Waals surface area (Å²) in [7, 11) is 0. The van der Waals surface area contributed by atoms with Gasteiger partial charge in [0.05, 0.1) is 5.54 Å². The van der Waals surface area contributed by atoms with E-state index >= 15 is 0 Å². The zero-order valence-electron chi connectivity index (χ0n) is 11.1. The molecule has 1 fully saturated rings. The van der Waals surface area contributed by atoms with Gasteiger partial charge in [0, 0.05) is 11.6 Å². The van der Waals surface area contributed by atoms with Crippen molar-refractivity contribution in [1.82, 2.24) is 10.1 Å². The van der Waals surface area contributed by atoms with Crippen molar-refractivity contribution in [2.24, 2.45) is 5.73 Å². The maximum atomic E-state index is 13.4. The summed E-state index contributed by atoms with van der Waals surface area (Å²) in [5.41, 5.74) is 5.41. The topological polar surface area (TPSA) is 64.9 Å². The first-order valence-electron chi connectivity index (χ1n) is 6.34. The van der Waals surface area contributed by atoms with Gasteiger partial charge >= 0.3 is 0 Å². The van der Waals surface area contributed by atoms with Crippen LogP contribution in [0.15, 0.2) is 22.7 Å². The van der Waals surface area contributed by atoms with Gasteiger partial charge in [-0.2, -0.15) is 4.98 Å². The molecule has 1 aromatic heterocycles. The molecule has 0 spiro atoms. The van der Waals surface area contributed by atoms with E-state index in [-0.39, 0.29) is 23.9 Å². The number of nitrogens with zero attached hydrogens (tertiary/aromatic N) is 2. The Morgan fingerprint density at radius 1 is 1.19 bits per heavy atom. The first kappa shape index (κ1) is 15.6. The number of rotatable bonds is 3. The van der Waals surface area contributed by atoms with E-state index < -0.39 is 17.2 Å². The quantitative estimate of drug-likeness (QED) is 0.944. The predicted molar refractivity (Wildman–Crippen MR) is 76.5 cm³/mol. The van der Waals surface area contributed by atoms with Crippen LogP contribution in [0.4, 0.5) is 8.78 Å². The van der Waals surface area contributed by atoms with E-state index in [2.05, 4.69) is 10.1 Å². The van der Waals surface area contributed by atoms with Gasteiger partial charge in [0.1, 0.15) is 11.6 Å². The van der Waals surface area contributed by atoms with Gasteiger partial charge in [0.15, 0.2) is 5.82 Å². The molecule has 0 aliphatic heterocycles. The van der Waals surface area contributed by atoms with Gasteiger partial charge in [-0.25, -0.2) is 8.78 Å². The van der Waals surface area contributed by atoms with Gasteiger partial charge in [0.25, 0.3) is 5.89 Å². The minimum atomic E-state index is -0.643. The number of hydrogen-bond acceptors (Lipinski definition) is 4. The standard InChI is InChI=1S/C14H13F2N3O.ClH/c15-10-3-1-4-11(16)9(10)5-6-12-18-13(19-20-12)14(17)7-2-8-14;/h1,3-6H,2,7-8,17H2;1H/b6-5+;. The lowest BCUT2D eigenvalue weighted by Gasteiger charge is -2.34. The van der Waals surface area contributed by atoms with E-state index in [1.807, 2.05) is 0 Å². The van der Waals surface area contributed by atoms with Crippen molar-refractivity contribution in [3.8, 4) is 0 Å². The highest BCUT2D eigenvalue weighted by atomic mass is 35.5. The lowest BCUT2D eigenvalue weighted by molar-refractivity contribution is 0.229. The minimum absolute atomic E-state index is 0. The van der Waals surface area contributed by atoms with Crippen LogP contribution in [0.5, 0.6) is 0 Å². The van der Waals surface area contributed by atoms with Crippen LogP contribution in [-0.4, -0.2) is 10.1 Å². The summed E-state index contributed by atoms with van der Waals surface area (Å²) in [4.78, 5) is 4.14. The second kappa shape index (κ2) is 5.91. The molecule has 1 saturated carbocycles. The van der Waals surface area contributed by atoms with Gasteiger partial charge in [-0.15, -0.1) is 12.4 Å². The van der Waals surface area contributed by atoms with Gasteiger partial charge in [-0.3, -0.25) is 0 Å². The predicted octanol–water partition coefficient (Wildman–Crippen LogP) is 3.28. The summed E-state index contributed by atoms with van der Waals surface area (Å²) in [6.07, 6.45) is 5.32. The van der Waals surface area contributed by atoms with Gasteiger partial charge in [-0.05, 0) is 37.5 Å². The summed E-state index contributed by atoms with van der Waals surface area (Å²) in [6, 6.07) is 3.68. The Balaban J connectivity index is 0.00000161. The summed E-state index contributed by atoms with van der Waals surface area (Å²) in [6.45, 7) is 0. The van der Waals surface area contributed by atoms with Gasteiger partial charge in [-0.1, -0.05) is 11.2 Å². The summed E-state index contributed by atoms with van der Waals surface area (Å²) >= 11 is 0. The van der Waals surface area contributed by atoms with E-state index in [1.165, 1.54) is 30.4 Å². The molecule has 4 nitrogen and oxygen atoms in total. The van der Waals surface area contributed by atoms with Crippen molar-refractivity contribution in [3.63, 3.8) is 0 Å². The third-order valence-corrected chi connectivity index (χ3v) is 3.53. The molecule has 0 unspecified atom stereocenters. The highest BCUT2D eigenvalue weighted by Gasteiger charge is 2.38. The molecule has 2 N–H and O–H groups in total. The van der Waals surface area contributed by atoms with Crippen molar-refractivity contribution in [3.05, 3.63) is 47.1 Å². The largest absolute Gasteiger partial charge is 0.335 e. The monoisotopic (exact) mass is 313 g/mol. The maximum absolute atomic E-state index is 13.4. The zero-order valence-corrected chi connectivity index (χ0v) is 11.9. The van der Waals surface area contributed by atoms with Crippen LogP contribution in [0.25, 0.3) is 12.2 Å². The van der Waals surface area contributed by atoms with Gasteiger partial charge in [0.2, 0.25) is 0 Å². The van der Waals surface area contributed by atoms with E-state index in [1.54, 1.807) is 0 Å². The smallest absolute Gasteiger partial charge is 0.250 e. The van der Waals surface area contributed by atoms with E-state index in [0.717, 1.165) is 19.3 Å². The Kier molecular flexibility index (Phi) is 4.39. The Labute approximate surface area is 126 Å². The molecule has 1 aliphatic carbocycles. The minimum Gasteiger partial charge on any atom is -0.335 e. The molecule has 0 atom stereocenters. The van der Waals surface area contributed by atoms with Crippen molar-refractivity contribution in [1.29, 1.82) is 0 Å². The van der Waals surface area contributed by atoms with E-state index in [0.29, 0.717) is 5.82 Å². The van der Waals surface area contributed by atoms with Crippen molar-refractivity contribution in [2.45, 2.75) is 24.8 Å². The van der Waals surface area contributed by atoms with Crippen LogP contribution in [0.1, 0.15) is 36.5 Å². The molecule has 3 rings (SSSR count). The molecule has 0 bridgehead atoms. The molecule has 0 radical (unpaired) electrons. The highest BCUT2D eigenvalue weighted by molar-refractivity contribution is 5.85. The molecule has 1 aliphatic rings. The van der Waals surface area contributed by atoms with Crippen LogP contribution in [0.3, 0.4) is 0 Å². The fourth-order valence-corrected chi connectivity index (χ4v) is 2.11. The zero-order chi connectivity index (χ0) is 14.2. The van der Waals surface area contributed by atoms with Crippen LogP contribution < -0.4 is 5.73 Å². The second-order valence-electron chi connectivity index (χ2n) is 4.93. The first-order chi connectivity index (χ1) is 9.58. The lowest BCUT2D eigenvalue weighted by atomic mass is 9.77.